The minimum atomic E-state index is -0.541. The highest BCUT2D eigenvalue weighted by molar-refractivity contribution is 5.58. The van der Waals surface area contributed by atoms with Crippen LogP contribution in [0.3, 0.4) is 0 Å². The number of nitrogens with one attached hydrogen (secondary N) is 1. The van der Waals surface area contributed by atoms with E-state index in [1.807, 2.05) is 31.2 Å². The lowest BCUT2D eigenvalue weighted by molar-refractivity contribution is 0.414. The van der Waals surface area contributed by atoms with Crippen LogP contribution in [-0.4, -0.2) is 12.6 Å². The number of nitrogens with zero attached hydrogens (tertiary/aromatic N) is 1. The van der Waals surface area contributed by atoms with Crippen LogP contribution in [-0.2, 0) is 0 Å². The first-order valence-corrected chi connectivity index (χ1v) is 7.47. The van der Waals surface area contributed by atoms with Crippen molar-refractivity contribution >= 4 is 5.69 Å². The molecule has 1 aromatic carbocycles. The Morgan fingerprint density at radius 2 is 1.90 bits per heavy atom. The Morgan fingerprint density at radius 3 is 2.55 bits per heavy atom. The summed E-state index contributed by atoms with van der Waals surface area (Å²) in [5, 5.41) is 12.8. The highest BCUT2D eigenvalue weighted by Gasteiger charge is 2.24. The number of anilines is 1. The average molecular weight is 274 g/mol. The lowest BCUT2D eigenvalue weighted by atomic mass is 9.95. The van der Waals surface area contributed by atoms with Crippen LogP contribution in [0, 0.1) is 11.3 Å². The average Bonchev–Trinajstić information content (AvgIpc) is 2.47. The van der Waals surface area contributed by atoms with E-state index in [1.54, 1.807) is 7.11 Å². The maximum Gasteiger partial charge on any atom is 0.141 e. The quantitative estimate of drug-likeness (QED) is 0.661. The van der Waals surface area contributed by atoms with Gasteiger partial charge in [0.1, 0.15) is 11.3 Å². The number of unbranched alkanes of at least 4 members (excludes halogenated alkanes) is 4. The van der Waals surface area contributed by atoms with E-state index in [9.17, 15) is 5.26 Å². The first-order chi connectivity index (χ1) is 9.65. The number of para-hydroxylation sites is 2. The van der Waals surface area contributed by atoms with Crippen LogP contribution in [0.15, 0.2) is 24.3 Å². The van der Waals surface area contributed by atoms with Crippen molar-refractivity contribution in [3.63, 3.8) is 0 Å². The molecule has 0 aromatic heterocycles. The lowest BCUT2D eigenvalue weighted by Gasteiger charge is -2.25. The molecule has 0 fully saturated rings. The smallest absolute Gasteiger partial charge is 0.141 e. The molecular weight excluding hydrogens is 248 g/mol. The molecular formula is C17H26N2O. The Kier molecular flexibility index (Phi) is 6.93. The van der Waals surface area contributed by atoms with Gasteiger partial charge in [-0.25, -0.2) is 0 Å². The van der Waals surface area contributed by atoms with Crippen molar-refractivity contribution in [1.82, 2.24) is 0 Å². The fourth-order valence-electron chi connectivity index (χ4n) is 2.27. The van der Waals surface area contributed by atoms with Gasteiger partial charge in [0.2, 0.25) is 0 Å². The number of hydrogen-bond acceptors (Lipinski definition) is 3. The fraction of sp³-hybridized carbons (Fsp3) is 0.588. The molecule has 0 radical (unpaired) electrons. The van der Waals surface area contributed by atoms with Gasteiger partial charge in [0, 0.05) is 0 Å². The third-order valence-corrected chi connectivity index (χ3v) is 3.54. The Balaban J connectivity index is 2.58. The summed E-state index contributed by atoms with van der Waals surface area (Å²) >= 11 is 0. The summed E-state index contributed by atoms with van der Waals surface area (Å²) in [6.07, 6.45) is 6.90. The van der Waals surface area contributed by atoms with Gasteiger partial charge in [0.15, 0.2) is 0 Å². The van der Waals surface area contributed by atoms with Crippen molar-refractivity contribution in [2.45, 2.75) is 57.9 Å². The minimum absolute atomic E-state index is 0.541. The van der Waals surface area contributed by atoms with E-state index >= 15 is 0 Å². The van der Waals surface area contributed by atoms with Crippen LogP contribution in [0.4, 0.5) is 5.69 Å². The van der Waals surface area contributed by atoms with Crippen LogP contribution in [0.5, 0.6) is 5.75 Å². The zero-order chi connectivity index (χ0) is 14.8. The van der Waals surface area contributed by atoms with Gasteiger partial charge in [-0.15, -0.1) is 0 Å². The number of ether oxygens (including phenoxy) is 1. The van der Waals surface area contributed by atoms with E-state index in [0.717, 1.165) is 24.3 Å². The second-order valence-corrected chi connectivity index (χ2v) is 5.43. The van der Waals surface area contributed by atoms with Crippen molar-refractivity contribution in [1.29, 1.82) is 5.26 Å². The maximum absolute atomic E-state index is 9.46. The largest absolute Gasteiger partial charge is 0.495 e. The molecule has 110 valence electrons. The molecule has 0 aliphatic rings. The predicted octanol–water partition coefficient (Wildman–Crippen LogP) is 4.75. The van der Waals surface area contributed by atoms with Gasteiger partial charge in [0.05, 0.1) is 18.9 Å². The first kappa shape index (κ1) is 16.4. The number of methoxy groups -OCH3 is 1. The molecule has 0 aliphatic carbocycles. The molecule has 0 spiro atoms. The Labute approximate surface area is 123 Å². The van der Waals surface area contributed by atoms with Crippen molar-refractivity contribution < 1.29 is 4.74 Å². The van der Waals surface area contributed by atoms with E-state index < -0.39 is 5.54 Å². The van der Waals surface area contributed by atoms with Crippen LogP contribution in [0.2, 0.25) is 0 Å². The SMILES string of the molecule is CCCCCCCC(C)(C#N)Nc1ccccc1OC. The van der Waals surface area contributed by atoms with Crippen LogP contribution < -0.4 is 10.1 Å². The number of hydrogen-bond donors (Lipinski definition) is 1. The summed E-state index contributed by atoms with van der Waals surface area (Å²) in [5.74, 6) is 0.778. The van der Waals surface area contributed by atoms with Crippen LogP contribution in [0.1, 0.15) is 52.4 Å². The summed E-state index contributed by atoms with van der Waals surface area (Å²) in [7, 11) is 1.65. The summed E-state index contributed by atoms with van der Waals surface area (Å²) in [6.45, 7) is 4.17. The Hall–Kier alpha value is -1.69. The van der Waals surface area contributed by atoms with Crippen molar-refractivity contribution in [3.8, 4) is 11.8 Å². The minimum Gasteiger partial charge on any atom is -0.495 e. The van der Waals surface area contributed by atoms with Crippen molar-refractivity contribution in [2.24, 2.45) is 0 Å². The third kappa shape index (κ3) is 5.13. The van der Waals surface area contributed by atoms with Crippen molar-refractivity contribution in [3.05, 3.63) is 24.3 Å². The maximum atomic E-state index is 9.46. The van der Waals surface area contributed by atoms with Gasteiger partial charge in [-0.2, -0.15) is 5.26 Å². The van der Waals surface area contributed by atoms with Gasteiger partial charge in [-0.1, -0.05) is 51.2 Å². The molecule has 3 heteroatoms. The topological polar surface area (TPSA) is 45.0 Å². The van der Waals surface area contributed by atoms with Gasteiger partial charge in [-0.3, -0.25) is 0 Å². The molecule has 1 N–H and O–H groups in total. The molecule has 1 unspecified atom stereocenters. The number of benzene rings is 1. The Morgan fingerprint density at radius 1 is 1.20 bits per heavy atom. The summed E-state index contributed by atoms with van der Waals surface area (Å²) in [4.78, 5) is 0. The van der Waals surface area contributed by atoms with Crippen LogP contribution in [0.25, 0.3) is 0 Å². The Bertz CT molecular complexity index is 439. The molecule has 0 saturated heterocycles. The molecule has 3 nitrogen and oxygen atoms in total. The molecule has 1 atom stereocenters. The highest BCUT2D eigenvalue weighted by Crippen LogP contribution is 2.28. The third-order valence-electron chi connectivity index (χ3n) is 3.54. The normalized spacial score (nSPS) is 13.3. The summed E-state index contributed by atoms with van der Waals surface area (Å²) in [6, 6.07) is 10.1. The van der Waals surface area contributed by atoms with Gasteiger partial charge in [0.25, 0.3) is 0 Å². The summed E-state index contributed by atoms with van der Waals surface area (Å²) < 4.78 is 5.32. The van der Waals surface area contributed by atoms with Crippen molar-refractivity contribution in [2.75, 3.05) is 12.4 Å². The molecule has 0 heterocycles. The molecule has 20 heavy (non-hydrogen) atoms. The predicted molar refractivity (Wildman–Crippen MR) is 84.0 cm³/mol. The monoisotopic (exact) mass is 274 g/mol. The zero-order valence-corrected chi connectivity index (χ0v) is 12.9. The number of rotatable bonds is 9. The summed E-state index contributed by atoms with van der Waals surface area (Å²) in [5.41, 5.74) is 0.341. The standard InChI is InChI=1S/C17H26N2O/c1-4-5-6-7-10-13-17(2,14-18)19-15-11-8-9-12-16(15)20-3/h8-9,11-12,19H,4-7,10,13H2,1-3H3. The molecule has 0 aliphatic heterocycles. The fourth-order valence-corrected chi connectivity index (χ4v) is 2.27. The lowest BCUT2D eigenvalue weighted by Crippen LogP contribution is -2.33. The van der Waals surface area contributed by atoms with E-state index in [0.29, 0.717) is 0 Å². The van der Waals surface area contributed by atoms with E-state index in [1.165, 1.54) is 25.7 Å². The molecule has 1 aromatic rings. The molecule has 0 amide bonds. The zero-order valence-electron chi connectivity index (χ0n) is 12.9. The molecule has 0 bridgehead atoms. The van der Waals surface area contributed by atoms with Crippen LogP contribution >= 0.6 is 0 Å². The van der Waals surface area contributed by atoms with Gasteiger partial charge in [-0.05, 0) is 25.5 Å². The first-order valence-electron chi connectivity index (χ1n) is 7.47. The van der Waals surface area contributed by atoms with E-state index in [2.05, 4.69) is 18.3 Å². The van der Waals surface area contributed by atoms with Gasteiger partial charge >= 0.3 is 0 Å². The van der Waals surface area contributed by atoms with Gasteiger partial charge < -0.3 is 10.1 Å². The second kappa shape index (κ2) is 8.47. The second-order valence-electron chi connectivity index (χ2n) is 5.43. The molecule has 1 rings (SSSR count). The van der Waals surface area contributed by atoms with E-state index in [4.69, 9.17) is 4.74 Å². The number of nitriles is 1. The highest BCUT2D eigenvalue weighted by atomic mass is 16.5. The van der Waals surface area contributed by atoms with E-state index in [-0.39, 0.29) is 0 Å². The molecule has 0 saturated carbocycles.